The predicted molar refractivity (Wildman–Crippen MR) is 49.1 cm³/mol. The highest BCUT2D eigenvalue weighted by molar-refractivity contribution is 7.19. The Morgan fingerprint density at radius 2 is 2.33 bits per heavy atom. The molecule has 2 heterocycles. The van der Waals surface area contributed by atoms with Gasteiger partial charge < -0.3 is 0 Å². The maximum Gasteiger partial charge on any atom is 0.110 e. The second kappa shape index (κ2) is 2.58. The standard InChI is InChI=1S/C9H6N2S/c1-6-2-3-9-8(11-6)4-7(5-10)12-9/h2-4H,1H3. The summed E-state index contributed by atoms with van der Waals surface area (Å²) in [4.78, 5) is 5.03. The maximum absolute atomic E-state index is 8.64. The minimum atomic E-state index is 0.725. The SMILES string of the molecule is Cc1ccc2sc(C#N)cc2n1. The number of fused-ring (bicyclic) bond motifs is 1. The zero-order valence-corrected chi connectivity index (χ0v) is 7.35. The molecule has 0 saturated heterocycles. The van der Waals surface area contributed by atoms with E-state index in [1.54, 1.807) is 0 Å². The van der Waals surface area contributed by atoms with Gasteiger partial charge >= 0.3 is 0 Å². The Labute approximate surface area is 74.1 Å². The number of rotatable bonds is 0. The van der Waals surface area contributed by atoms with Gasteiger partial charge in [0.15, 0.2) is 0 Å². The summed E-state index contributed by atoms with van der Waals surface area (Å²) in [6, 6.07) is 7.90. The molecule has 0 radical (unpaired) electrons. The molecule has 0 N–H and O–H groups in total. The Hall–Kier alpha value is -1.40. The first kappa shape index (κ1) is 7.26. The molecule has 0 aliphatic heterocycles. The molecule has 12 heavy (non-hydrogen) atoms. The summed E-state index contributed by atoms with van der Waals surface area (Å²) in [5.41, 5.74) is 1.92. The van der Waals surface area contributed by atoms with E-state index in [1.807, 2.05) is 25.1 Å². The molecule has 0 unspecified atom stereocenters. The number of aromatic nitrogens is 1. The third-order valence-electron chi connectivity index (χ3n) is 1.62. The van der Waals surface area contributed by atoms with Crippen LogP contribution in [-0.4, -0.2) is 4.98 Å². The molecule has 2 nitrogen and oxygen atoms in total. The van der Waals surface area contributed by atoms with Crippen LogP contribution in [0.4, 0.5) is 0 Å². The second-order valence-electron chi connectivity index (χ2n) is 2.56. The van der Waals surface area contributed by atoms with Crippen LogP contribution in [0.15, 0.2) is 18.2 Å². The van der Waals surface area contributed by atoms with Gasteiger partial charge in [-0.1, -0.05) is 0 Å². The third kappa shape index (κ3) is 1.06. The van der Waals surface area contributed by atoms with E-state index < -0.39 is 0 Å². The molecule has 0 aliphatic carbocycles. The van der Waals surface area contributed by atoms with E-state index >= 15 is 0 Å². The largest absolute Gasteiger partial charge is 0.252 e. The van der Waals surface area contributed by atoms with E-state index in [9.17, 15) is 0 Å². The molecule has 58 valence electrons. The van der Waals surface area contributed by atoms with Crippen LogP contribution in [0.2, 0.25) is 0 Å². The molecule has 0 saturated carbocycles. The van der Waals surface area contributed by atoms with Gasteiger partial charge in [0, 0.05) is 5.69 Å². The van der Waals surface area contributed by atoms with Crippen molar-refractivity contribution in [2.45, 2.75) is 6.92 Å². The summed E-state index contributed by atoms with van der Waals surface area (Å²) in [7, 11) is 0. The normalized spacial score (nSPS) is 10.0. The Morgan fingerprint density at radius 1 is 1.50 bits per heavy atom. The fourth-order valence-electron chi connectivity index (χ4n) is 1.08. The monoisotopic (exact) mass is 174 g/mol. The molecule has 2 rings (SSSR count). The number of nitrogens with zero attached hydrogens (tertiary/aromatic N) is 2. The lowest BCUT2D eigenvalue weighted by Gasteiger charge is -1.89. The van der Waals surface area contributed by atoms with Crippen LogP contribution >= 0.6 is 11.3 Å². The van der Waals surface area contributed by atoms with Crippen LogP contribution in [0.5, 0.6) is 0 Å². The van der Waals surface area contributed by atoms with Crippen LogP contribution in [-0.2, 0) is 0 Å². The summed E-state index contributed by atoms with van der Waals surface area (Å²) in [6.45, 7) is 1.95. The van der Waals surface area contributed by atoms with Gasteiger partial charge in [-0.2, -0.15) is 5.26 Å². The van der Waals surface area contributed by atoms with Crippen LogP contribution in [0.1, 0.15) is 10.6 Å². The van der Waals surface area contributed by atoms with Crippen molar-refractivity contribution >= 4 is 21.6 Å². The molecule has 3 heteroatoms. The average Bonchev–Trinajstić information content (AvgIpc) is 2.46. The predicted octanol–water partition coefficient (Wildman–Crippen LogP) is 2.48. The van der Waals surface area contributed by atoms with Crippen molar-refractivity contribution in [1.82, 2.24) is 4.98 Å². The first-order valence-electron chi connectivity index (χ1n) is 3.57. The van der Waals surface area contributed by atoms with Crippen molar-refractivity contribution in [1.29, 1.82) is 5.26 Å². The summed E-state index contributed by atoms with van der Waals surface area (Å²) >= 11 is 1.48. The third-order valence-corrected chi connectivity index (χ3v) is 2.62. The molecule has 0 aliphatic rings. The summed E-state index contributed by atoms with van der Waals surface area (Å²) < 4.78 is 1.08. The van der Waals surface area contributed by atoms with Crippen LogP contribution in [0, 0.1) is 18.3 Å². The minimum absolute atomic E-state index is 0.725. The number of aryl methyl sites for hydroxylation is 1. The molecule has 0 aromatic carbocycles. The van der Waals surface area contributed by atoms with E-state index in [0.29, 0.717) is 0 Å². The van der Waals surface area contributed by atoms with Crippen molar-refractivity contribution in [2.24, 2.45) is 0 Å². The Morgan fingerprint density at radius 3 is 3.08 bits per heavy atom. The van der Waals surface area contributed by atoms with Gasteiger partial charge in [-0.3, -0.25) is 4.98 Å². The molecular formula is C9H6N2S. The van der Waals surface area contributed by atoms with Crippen molar-refractivity contribution < 1.29 is 0 Å². The molecule has 0 atom stereocenters. The summed E-state index contributed by atoms with van der Waals surface area (Å²) in [5, 5.41) is 8.64. The zero-order chi connectivity index (χ0) is 8.55. The number of nitriles is 1. The fraction of sp³-hybridized carbons (Fsp3) is 0.111. The Bertz CT molecular complexity index is 465. The molecule has 0 spiro atoms. The molecule has 0 amide bonds. The van der Waals surface area contributed by atoms with Gasteiger partial charge in [-0.15, -0.1) is 11.3 Å². The molecule has 2 aromatic rings. The van der Waals surface area contributed by atoms with E-state index in [4.69, 9.17) is 5.26 Å². The van der Waals surface area contributed by atoms with Crippen LogP contribution < -0.4 is 0 Å². The van der Waals surface area contributed by atoms with Gasteiger partial charge in [0.05, 0.1) is 10.2 Å². The summed E-state index contributed by atoms with van der Waals surface area (Å²) in [6.07, 6.45) is 0. The van der Waals surface area contributed by atoms with Crippen molar-refractivity contribution in [3.8, 4) is 6.07 Å². The van der Waals surface area contributed by atoms with Crippen LogP contribution in [0.3, 0.4) is 0 Å². The van der Waals surface area contributed by atoms with Crippen LogP contribution in [0.25, 0.3) is 10.2 Å². The number of thiophene rings is 1. The van der Waals surface area contributed by atoms with Crippen molar-refractivity contribution in [3.05, 3.63) is 28.8 Å². The highest BCUT2D eigenvalue weighted by atomic mass is 32.1. The average molecular weight is 174 g/mol. The lowest BCUT2D eigenvalue weighted by Crippen LogP contribution is -1.76. The smallest absolute Gasteiger partial charge is 0.110 e. The molecular weight excluding hydrogens is 168 g/mol. The zero-order valence-electron chi connectivity index (χ0n) is 6.53. The highest BCUT2D eigenvalue weighted by Gasteiger charge is 2.00. The fourth-order valence-corrected chi connectivity index (χ4v) is 1.88. The number of hydrogen-bond donors (Lipinski definition) is 0. The lowest BCUT2D eigenvalue weighted by atomic mass is 10.3. The number of hydrogen-bond acceptors (Lipinski definition) is 3. The Balaban J connectivity index is 2.77. The van der Waals surface area contributed by atoms with Gasteiger partial charge in [-0.25, -0.2) is 0 Å². The molecule has 0 bridgehead atoms. The van der Waals surface area contributed by atoms with E-state index in [1.165, 1.54) is 11.3 Å². The molecule has 2 aromatic heterocycles. The van der Waals surface area contributed by atoms with Gasteiger partial charge in [-0.05, 0) is 25.1 Å². The van der Waals surface area contributed by atoms with Gasteiger partial charge in [0.2, 0.25) is 0 Å². The van der Waals surface area contributed by atoms with E-state index in [2.05, 4.69) is 11.1 Å². The van der Waals surface area contributed by atoms with E-state index in [0.717, 1.165) is 20.8 Å². The second-order valence-corrected chi connectivity index (χ2v) is 3.64. The first-order chi connectivity index (χ1) is 5.79. The van der Waals surface area contributed by atoms with Crippen molar-refractivity contribution in [2.75, 3.05) is 0 Å². The Kier molecular flexibility index (Phi) is 1.56. The summed E-state index contributed by atoms with van der Waals surface area (Å²) in [5.74, 6) is 0. The number of pyridine rings is 1. The first-order valence-corrected chi connectivity index (χ1v) is 4.38. The molecule has 0 fully saturated rings. The van der Waals surface area contributed by atoms with Gasteiger partial charge in [0.1, 0.15) is 10.9 Å². The maximum atomic E-state index is 8.64. The van der Waals surface area contributed by atoms with E-state index in [-0.39, 0.29) is 0 Å². The minimum Gasteiger partial charge on any atom is -0.252 e. The van der Waals surface area contributed by atoms with Crippen molar-refractivity contribution in [3.63, 3.8) is 0 Å². The topological polar surface area (TPSA) is 36.7 Å². The van der Waals surface area contributed by atoms with Gasteiger partial charge in [0.25, 0.3) is 0 Å². The highest BCUT2D eigenvalue weighted by Crippen LogP contribution is 2.23. The lowest BCUT2D eigenvalue weighted by molar-refractivity contribution is 1.26. The quantitative estimate of drug-likeness (QED) is 0.615.